The predicted octanol–water partition coefficient (Wildman–Crippen LogP) is 3.75. The molecule has 0 bridgehead atoms. The largest absolute Gasteiger partial charge is 0.393 e. The van der Waals surface area contributed by atoms with Crippen LogP contribution in [-0.2, 0) is 6.54 Å². The molecule has 0 radical (unpaired) electrons. The molecule has 2 aromatic carbocycles. The fraction of sp³-hybridized carbons (Fsp3) is 0.381. The predicted molar refractivity (Wildman–Crippen MR) is 105 cm³/mol. The van der Waals surface area contributed by atoms with Crippen molar-refractivity contribution in [3.63, 3.8) is 0 Å². The molecule has 3 N–H and O–H groups in total. The number of nitrogens with zero attached hydrogens (tertiary/aromatic N) is 1. The Morgan fingerprint density at radius 3 is 2.35 bits per heavy atom. The first-order valence-electron chi connectivity index (χ1n) is 9.21. The standard InChI is InChI=1S/C21H27N3O2/c1-24(15-16-5-3-2-4-6-16)19-11-7-17(8-12-19)22-21(26)23-18-9-13-20(25)14-10-18/h2-8,11-12,18,20,25H,9-10,13-15H2,1H3,(H2,22,23,26). The highest BCUT2D eigenvalue weighted by molar-refractivity contribution is 5.89. The molecule has 1 aliphatic rings. The summed E-state index contributed by atoms with van der Waals surface area (Å²) in [5, 5.41) is 15.4. The van der Waals surface area contributed by atoms with Gasteiger partial charge >= 0.3 is 6.03 Å². The minimum Gasteiger partial charge on any atom is -0.393 e. The van der Waals surface area contributed by atoms with E-state index in [2.05, 4.69) is 34.7 Å². The lowest BCUT2D eigenvalue weighted by Crippen LogP contribution is -2.40. The lowest BCUT2D eigenvalue weighted by Gasteiger charge is -2.26. The fourth-order valence-electron chi connectivity index (χ4n) is 3.32. The zero-order chi connectivity index (χ0) is 18.4. The smallest absolute Gasteiger partial charge is 0.319 e. The van der Waals surface area contributed by atoms with Crippen molar-refractivity contribution in [2.45, 2.75) is 44.4 Å². The van der Waals surface area contributed by atoms with Gasteiger partial charge in [-0.3, -0.25) is 0 Å². The Morgan fingerprint density at radius 1 is 1.04 bits per heavy atom. The van der Waals surface area contributed by atoms with Gasteiger partial charge in [0, 0.05) is 31.0 Å². The van der Waals surface area contributed by atoms with Crippen LogP contribution >= 0.6 is 0 Å². The molecule has 2 amide bonds. The SMILES string of the molecule is CN(Cc1ccccc1)c1ccc(NC(=O)NC2CCC(O)CC2)cc1. The molecule has 0 spiro atoms. The number of benzene rings is 2. The third kappa shape index (κ3) is 5.23. The van der Waals surface area contributed by atoms with Crippen LogP contribution in [0.15, 0.2) is 54.6 Å². The summed E-state index contributed by atoms with van der Waals surface area (Å²) in [7, 11) is 2.06. The molecule has 1 saturated carbocycles. The van der Waals surface area contributed by atoms with Crippen molar-refractivity contribution in [1.82, 2.24) is 5.32 Å². The van der Waals surface area contributed by atoms with Crippen LogP contribution < -0.4 is 15.5 Å². The van der Waals surface area contributed by atoms with E-state index in [1.807, 2.05) is 42.5 Å². The highest BCUT2D eigenvalue weighted by Gasteiger charge is 2.20. The molecule has 26 heavy (non-hydrogen) atoms. The van der Waals surface area contributed by atoms with Crippen LogP contribution in [-0.4, -0.2) is 30.3 Å². The summed E-state index contributed by atoms with van der Waals surface area (Å²) in [6.45, 7) is 0.835. The van der Waals surface area contributed by atoms with Crippen LogP contribution in [0.25, 0.3) is 0 Å². The number of hydrogen-bond acceptors (Lipinski definition) is 3. The minimum absolute atomic E-state index is 0.148. The topological polar surface area (TPSA) is 64.6 Å². The van der Waals surface area contributed by atoms with E-state index in [0.717, 1.165) is 43.6 Å². The first-order valence-corrected chi connectivity index (χ1v) is 9.21. The van der Waals surface area contributed by atoms with Gasteiger partial charge in [-0.1, -0.05) is 30.3 Å². The zero-order valence-electron chi connectivity index (χ0n) is 15.2. The molecule has 0 aromatic heterocycles. The Bertz CT molecular complexity index is 695. The van der Waals surface area contributed by atoms with E-state index in [-0.39, 0.29) is 18.2 Å². The lowest BCUT2D eigenvalue weighted by atomic mass is 9.93. The normalized spacial score (nSPS) is 19.6. The number of amides is 2. The third-order valence-corrected chi connectivity index (χ3v) is 4.86. The van der Waals surface area contributed by atoms with E-state index in [1.54, 1.807) is 0 Å². The molecule has 0 saturated heterocycles. The maximum absolute atomic E-state index is 12.1. The summed E-state index contributed by atoms with van der Waals surface area (Å²) >= 11 is 0. The maximum atomic E-state index is 12.1. The summed E-state index contributed by atoms with van der Waals surface area (Å²) < 4.78 is 0. The second-order valence-corrected chi connectivity index (χ2v) is 6.99. The summed E-state index contributed by atoms with van der Waals surface area (Å²) in [4.78, 5) is 14.3. The van der Waals surface area contributed by atoms with Gasteiger partial charge in [0.05, 0.1) is 6.10 Å². The Morgan fingerprint density at radius 2 is 1.69 bits per heavy atom. The number of nitrogens with one attached hydrogen (secondary N) is 2. The molecule has 1 fully saturated rings. The van der Waals surface area contributed by atoms with Crippen molar-refractivity contribution in [2.24, 2.45) is 0 Å². The molecule has 0 atom stereocenters. The van der Waals surface area contributed by atoms with Crippen LogP contribution in [0.5, 0.6) is 0 Å². The second kappa shape index (κ2) is 8.72. The average molecular weight is 353 g/mol. The van der Waals surface area contributed by atoms with Crippen LogP contribution in [0.1, 0.15) is 31.2 Å². The third-order valence-electron chi connectivity index (χ3n) is 4.86. The number of hydrogen-bond donors (Lipinski definition) is 3. The van der Waals surface area contributed by atoms with Gasteiger partial charge in [-0.2, -0.15) is 0 Å². The van der Waals surface area contributed by atoms with Gasteiger partial charge in [-0.25, -0.2) is 4.79 Å². The Kier molecular flexibility index (Phi) is 6.12. The van der Waals surface area contributed by atoms with Gasteiger partial charge in [-0.15, -0.1) is 0 Å². The van der Waals surface area contributed by atoms with E-state index in [4.69, 9.17) is 0 Å². The van der Waals surface area contributed by atoms with E-state index < -0.39 is 0 Å². The highest BCUT2D eigenvalue weighted by atomic mass is 16.3. The Labute approximate surface area is 155 Å². The molecule has 138 valence electrons. The lowest BCUT2D eigenvalue weighted by molar-refractivity contribution is 0.118. The number of carbonyl (C=O) groups is 1. The van der Waals surface area contributed by atoms with Gasteiger partial charge in [-0.05, 0) is 55.5 Å². The fourth-order valence-corrected chi connectivity index (χ4v) is 3.32. The molecule has 0 aliphatic heterocycles. The molecule has 1 aliphatic carbocycles. The van der Waals surface area contributed by atoms with Gasteiger partial charge in [0.25, 0.3) is 0 Å². The summed E-state index contributed by atoms with van der Waals surface area (Å²) in [5.41, 5.74) is 3.13. The van der Waals surface area contributed by atoms with E-state index >= 15 is 0 Å². The molecule has 2 aromatic rings. The summed E-state index contributed by atoms with van der Waals surface area (Å²) in [6, 6.07) is 18.1. The van der Waals surface area contributed by atoms with E-state index in [0.29, 0.717) is 0 Å². The zero-order valence-corrected chi connectivity index (χ0v) is 15.2. The van der Waals surface area contributed by atoms with Crippen molar-refractivity contribution in [2.75, 3.05) is 17.3 Å². The van der Waals surface area contributed by atoms with Crippen LogP contribution in [0.2, 0.25) is 0 Å². The Balaban J connectivity index is 1.50. The maximum Gasteiger partial charge on any atom is 0.319 e. The molecule has 0 heterocycles. The quantitative estimate of drug-likeness (QED) is 0.767. The molecule has 0 unspecified atom stereocenters. The summed E-state index contributed by atoms with van der Waals surface area (Å²) in [6.07, 6.45) is 2.97. The number of aliphatic hydroxyl groups excluding tert-OH is 1. The number of aliphatic hydroxyl groups is 1. The van der Waals surface area contributed by atoms with Crippen LogP contribution in [0.3, 0.4) is 0 Å². The van der Waals surface area contributed by atoms with Gasteiger partial charge < -0.3 is 20.6 Å². The first kappa shape index (κ1) is 18.3. The van der Waals surface area contributed by atoms with Crippen molar-refractivity contribution >= 4 is 17.4 Å². The number of rotatable bonds is 5. The first-order chi connectivity index (χ1) is 12.6. The van der Waals surface area contributed by atoms with E-state index in [1.165, 1.54) is 5.56 Å². The monoisotopic (exact) mass is 353 g/mol. The van der Waals surface area contributed by atoms with Gasteiger partial charge in [0.2, 0.25) is 0 Å². The van der Waals surface area contributed by atoms with Crippen LogP contribution in [0.4, 0.5) is 16.2 Å². The molecular weight excluding hydrogens is 326 g/mol. The van der Waals surface area contributed by atoms with Crippen molar-refractivity contribution in [1.29, 1.82) is 0 Å². The van der Waals surface area contributed by atoms with Crippen molar-refractivity contribution < 1.29 is 9.90 Å². The number of urea groups is 1. The number of carbonyl (C=O) groups excluding carboxylic acids is 1. The van der Waals surface area contributed by atoms with Crippen LogP contribution in [0, 0.1) is 0 Å². The summed E-state index contributed by atoms with van der Waals surface area (Å²) in [5.74, 6) is 0. The van der Waals surface area contributed by atoms with Crippen molar-refractivity contribution in [3.8, 4) is 0 Å². The Hall–Kier alpha value is -2.53. The second-order valence-electron chi connectivity index (χ2n) is 6.99. The average Bonchev–Trinajstić information content (AvgIpc) is 2.65. The molecule has 5 nitrogen and oxygen atoms in total. The number of anilines is 2. The van der Waals surface area contributed by atoms with Crippen molar-refractivity contribution in [3.05, 3.63) is 60.2 Å². The minimum atomic E-state index is -0.212. The molecular formula is C21H27N3O2. The highest BCUT2D eigenvalue weighted by Crippen LogP contribution is 2.20. The molecule has 5 heteroatoms. The van der Waals surface area contributed by atoms with Gasteiger partial charge in [0.15, 0.2) is 0 Å². The van der Waals surface area contributed by atoms with E-state index in [9.17, 15) is 9.90 Å². The van der Waals surface area contributed by atoms with Gasteiger partial charge in [0.1, 0.15) is 0 Å². The molecule has 3 rings (SSSR count).